The van der Waals surface area contributed by atoms with Crippen molar-refractivity contribution in [2.24, 2.45) is 17.8 Å². The standard InChI is InChI=1S/C36H56O3/c1-24(2)13-11-15-26(4)22-38-34-33(37)30-20-32-31(19-28(30)6)35(8,9)29(7)21-36(32,10)18-17-25(3)14-12-16-27(5)23-39-34/h13-14,19-20,26-27,29,34H,11-12,15-18,21-23H2,1-10H3/b25-14-. The van der Waals surface area contributed by atoms with Gasteiger partial charge in [-0.15, -0.1) is 0 Å². The molecular weight excluding hydrogens is 480 g/mol. The normalized spacial score (nSPS) is 29.9. The first-order valence-electron chi connectivity index (χ1n) is 15.5. The Morgan fingerprint density at radius 2 is 1.87 bits per heavy atom. The summed E-state index contributed by atoms with van der Waals surface area (Å²) < 4.78 is 12.6. The predicted molar refractivity (Wildman–Crippen MR) is 165 cm³/mol. The summed E-state index contributed by atoms with van der Waals surface area (Å²) in [5.74, 6) is 1.26. The number of Topliss-reactive ketones (excluding diaryl/α,β-unsaturated/α-hetero) is 1. The second-order valence-electron chi connectivity index (χ2n) is 14.2. The molecule has 3 rings (SSSR count). The lowest BCUT2D eigenvalue weighted by molar-refractivity contribution is -0.128. The molecule has 0 spiro atoms. The van der Waals surface area contributed by atoms with Gasteiger partial charge in [-0.05, 0) is 124 Å². The van der Waals surface area contributed by atoms with Crippen molar-refractivity contribution in [3.05, 3.63) is 57.7 Å². The van der Waals surface area contributed by atoms with E-state index in [4.69, 9.17) is 9.47 Å². The molecule has 0 saturated heterocycles. The molecule has 0 N–H and O–H groups in total. The van der Waals surface area contributed by atoms with Gasteiger partial charge in [-0.2, -0.15) is 0 Å². The van der Waals surface area contributed by atoms with Crippen LogP contribution >= 0.6 is 0 Å². The largest absolute Gasteiger partial charge is 0.345 e. The number of carbonyl (C=O) groups excluding carboxylic acids is 1. The first-order chi connectivity index (χ1) is 18.2. The van der Waals surface area contributed by atoms with Gasteiger partial charge in [0.1, 0.15) is 0 Å². The average molecular weight is 537 g/mol. The molecule has 0 amide bonds. The highest BCUT2D eigenvalue weighted by Crippen LogP contribution is 2.52. The Kier molecular flexibility index (Phi) is 10.9. The van der Waals surface area contributed by atoms with E-state index in [1.807, 2.05) is 0 Å². The summed E-state index contributed by atoms with van der Waals surface area (Å²) in [5, 5.41) is 0. The second kappa shape index (κ2) is 13.3. The Bertz CT molecular complexity index is 1060. The molecule has 1 aromatic rings. The van der Waals surface area contributed by atoms with Crippen molar-refractivity contribution in [3.8, 4) is 0 Å². The lowest BCUT2D eigenvalue weighted by Gasteiger charge is -2.48. The van der Waals surface area contributed by atoms with Crippen LogP contribution in [0.25, 0.3) is 0 Å². The molecular formula is C36H56O3. The third kappa shape index (κ3) is 7.94. The van der Waals surface area contributed by atoms with Gasteiger partial charge in [-0.3, -0.25) is 4.79 Å². The second-order valence-corrected chi connectivity index (χ2v) is 14.2. The topological polar surface area (TPSA) is 35.5 Å². The number of allylic oxidation sites excluding steroid dienone is 4. The Morgan fingerprint density at radius 3 is 2.56 bits per heavy atom. The van der Waals surface area contributed by atoms with Gasteiger partial charge in [0.15, 0.2) is 0 Å². The maximum absolute atomic E-state index is 14.1. The van der Waals surface area contributed by atoms with E-state index in [9.17, 15) is 4.79 Å². The smallest absolute Gasteiger partial charge is 0.222 e. The van der Waals surface area contributed by atoms with Crippen molar-refractivity contribution in [3.63, 3.8) is 0 Å². The number of fused-ring (bicyclic) bond motifs is 1. The molecule has 2 bridgehead atoms. The number of carbonyl (C=O) groups is 1. The molecule has 1 aromatic carbocycles. The molecule has 5 atom stereocenters. The summed E-state index contributed by atoms with van der Waals surface area (Å²) in [6.07, 6.45) is 11.3. The zero-order chi connectivity index (χ0) is 29.0. The van der Waals surface area contributed by atoms with E-state index in [0.29, 0.717) is 31.0 Å². The van der Waals surface area contributed by atoms with Crippen LogP contribution in [0.1, 0.15) is 134 Å². The maximum Gasteiger partial charge on any atom is 0.222 e. The lowest BCUT2D eigenvalue weighted by Crippen LogP contribution is -2.42. The number of ketones is 1. The van der Waals surface area contributed by atoms with Crippen molar-refractivity contribution >= 4 is 5.78 Å². The lowest BCUT2D eigenvalue weighted by atomic mass is 9.56. The summed E-state index contributed by atoms with van der Waals surface area (Å²) >= 11 is 0. The molecule has 3 heteroatoms. The Balaban J connectivity index is 1.99. The third-order valence-corrected chi connectivity index (χ3v) is 9.68. The number of rotatable bonds is 6. The van der Waals surface area contributed by atoms with E-state index in [2.05, 4.69) is 93.5 Å². The number of aryl methyl sites for hydroxylation is 1. The van der Waals surface area contributed by atoms with Crippen LogP contribution in [0.5, 0.6) is 0 Å². The summed E-state index contributed by atoms with van der Waals surface area (Å²) in [6.45, 7) is 23.7. The summed E-state index contributed by atoms with van der Waals surface area (Å²) in [6, 6.07) is 4.53. The molecule has 39 heavy (non-hydrogen) atoms. The van der Waals surface area contributed by atoms with E-state index in [0.717, 1.165) is 56.1 Å². The van der Waals surface area contributed by atoms with Crippen LogP contribution < -0.4 is 0 Å². The van der Waals surface area contributed by atoms with Crippen LogP contribution in [0.15, 0.2) is 35.4 Å². The molecule has 5 unspecified atom stereocenters. The Hall–Kier alpha value is -1.71. The van der Waals surface area contributed by atoms with E-state index in [-0.39, 0.29) is 16.6 Å². The minimum atomic E-state index is -0.862. The van der Waals surface area contributed by atoms with Crippen molar-refractivity contribution in [1.82, 2.24) is 0 Å². The van der Waals surface area contributed by atoms with Gasteiger partial charge in [0, 0.05) is 5.56 Å². The first-order valence-corrected chi connectivity index (χ1v) is 15.5. The summed E-state index contributed by atoms with van der Waals surface area (Å²) in [5.41, 5.74) is 7.48. The molecule has 0 radical (unpaired) electrons. The van der Waals surface area contributed by atoms with Crippen molar-refractivity contribution in [2.75, 3.05) is 13.2 Å². The highest BCUT2D eigenvalue weighted by molar-refractivity contribution is 6.00. The number of benzene rings is 1. The SMILES string of the molecule is CC(C)=CCCC(C)COC1OCC(C)CC/C=C(/C)CCC2(C)CC(C)C(C)(C)c3cc(C)c(cc32)C1=O. The molecule has 0 saturated carbocycles. The number of hydrogen-bond acceptors (Lipinski definition) is 3. The van der Waals surface area contributed by atoms with Crippen LogP contribution in [0, 0.1) is 24.7 Å². The van der Waals surface area contributed by atoms with E-state index in [1.54, 1.807) is 0 Å². The van der Waals surface area contributed by atoms with Gasteiger partial charge < -0.3 is 9.47 Å². The minimum absolute atomic E-state index is 0.0260. The molecule has 3 nitrogen and oxygen atoms in total. The molecule has 0 aromatic heterocycles. The fraction of sp³-hybridized carbons (Fsp3) is 0.694. The molecule has 1 aliphatic heterocycles. The highest BCUT2D eigenvalue weighted by Gasteiger charge is 2.44. The quantitative estimate of drug-likeness (QED) is 0.339. The number of ether oxygens (including phenoxy) is 2. The van der Waals surface area contributed by atoms with E-state index < -0.39 is 6.29 Å². The zero-order valence-corrected chi connectivity index (χ0v) is 26.7. The van der Waals surface area contributed by atoms with Crippen LogP contribution in [0.4, 0.5) is 0 Å². The molecule has 2 aliphatic rings. The maximum atomic E-state index is 14.1. The molecule has 1 heterocycles. The van der Waals surface area contributed by atoms with Gasteiger partial charge >= 0.3 is 0 Å². The van der Waals surface area contributed by atoms with Gasteiger partial charge in [0.2, 0.25) is 12.1 Å². The van der Waals surface area contributed by atoms with Gasteiger partial charge in [-0.1, -0.05) is 70.9 Å². The van der Waals surface area contributed by atoms with Crippen molar-refractivity contribution in [1.29, 1.82) is 0 Å². The fourth-order valence-corrected chi connectivity index (χ4v) is 6.39. The average Bonchev–Trinajstić information content (AvgIpc) is 2.85. The highest BCUT2D eigenvalue weighted by atomic mass is 16.7. The van der Waals surface area contributed by atoms with E-state index >= 15 is 0 Å². The van der Waals surface area contributed by atoms with Crippen LogP contribution in [-0.2, 0) is 20.3 Å². The first kappa shape index (κ1) is 31.8. The van der Waals surface area contributed by atoms with Crippen molar-refractivity contribution < 1.29 is 14.3 Å². The number of hydrogen-bond donors (Lipinski definition) is 0. The molecule has 1 aliphatic carbocycles. The molecule has 0 fully saturated rings. The Morgan fingerprint density at radius 1 is 1.15 bits per heavy atom. The van der Waals surface area contributed by atoms with Gasteiger partial charge in [-0.25, -0.2) is 0 Å². The van der Waals surface area contributed by atoms with Gasteiger partial charge in [0.05, 0.1) is 13.2 Å². The Labute approximate surface area is 239 Å². The van der Waals surface area contributed by atoms with Gasteiger partial charge in [0.25, 0.3) is 0 Å². The monoisotopic (exact) mass is 536 g/mol. The van der Waals surface area contributed by atoms with Crippen LogP contribution in [0.2, 0.25) is 0 Å². The molecule has 218 valence electrons. The van der Waals surface area contributed by atoms with Crippen molar-refractivity contribution in [2.45, 2.75) is 131 Å². The summed E-state index contributed by atoms with van der Waals surface area (Å²) in [7, 11) is 0. The minimum Gasteiger partial charge on any atom is -0.345 e. The van der Waals surface area contributed by atoms with E-state index in [1.165, 1.54) is 22.3 Å². The third-order valence-electron chi connectivity index (χ3n) is 9.68. The zero-order valence-electron chi connectivity index (χ0n) is 26.7. The van der Waals surface area contributed by atoms with Crippen LogP contribution in [-0.4, -0.2) is 25.3 Å². The summed E-state index contributed by atoms with van der Waals surface area (Å²) in [4.78, 5) is 14.1. The predicted octanol–water partition coefficient (Wildman–Crippen LogP) is 9.65. The van der Waals surface area contributed by atoms with Crippen LogP contribution in [0.3, 0.4) is 0 Å². The fourth-order valence-electron chi connectivity index (χ4n) is 6.39.